The highest BCUT2D eigenvalue weighted by Crippen LogP contribution is 2.43. The Morgan fingerprint density at radius 1 is 0.947 bits per heavy atom. The molecule has 38 heavy (non-hydrogen) atoms. The Balaban J connectivity index is 1.44. The molecule has 0 bridgehead atoms. The minimum Gasteiger partial charge on any atom is -0.371 e. The number of aromatic nitrogens is 3. The van der Waals surface area contributed by atoms with Crippen LogP contribution in [0.5, 0.6) is 0 Å². The summed E-state index contributed by atoms with van der Waals surface area (Å²) in [6.07, 6.45) is 10.4. The number of rotatable bonds is 6. The Morgan fingerprint density at radius 2 is 1.66 bits per heavy atom. The predicted octanol–water partition coefficient (Wildman–Crippen LogP) is 3.83. The van der Waals surface area contributed by atoms with E-state index in [4.69, 9.17) is 10.1 Å². The third-order valence-electron chi connectivity index (χ3n) is 8.36. The van der Waals surface area contributed by atoms with E-state index in [9.17, 15) is 13.2 Å². The summed E-state index contributed by atoms with van der Waals surface area (Å²) in [5.41, 5.74) is 3.53. The van der Waals surface area contributed by atoms with E-state index in [0.29, 0.717) is 17.6 Å². The Morgan fingerprint density at radius 3 is 2.29 bits per heavy atom. The molecule has 2 saturated heterocycles. The molecule has 2 aliphatic heterocycles. The maximum absolute atomic E-state index is 13.0. The second kappa shape index (κ2) is 10.3. The molecule has 2 aromatic heterocycles. The molecule has 1 amide bonds. The molecule has 0 radical (unpaired) electrons. The molecule has 1 N–H and O–H groups in total. The number of para-hydroxylation sites is 1. The van der Waals surface area contributed by atoms with Crippen LogP contribution in [-0.2, 0) is 10.0 Å². The van der Waals surface area contributed by atoms with Crippen LogP contribution in [-0.4, -0.2) is 72.5 Å². The number of carbonyl (C=O) groups excluding carboxylic acids is 1. The zero-order chi connectivity index (χ0) is 26.3. The zero-order valence-electron chi connectivity index (χ0n) is 22.0. The van der Waals surface area contributed by atoms with E-state index >= 15 is 0 Å². The quantitative estimate of drug-likeness (QED) is 0.511. The van der Waals surface area contributed by atoms with E-state index in [1.807, 2.05) is 35.0 Å². The van der Waals surface area contributed by atoms with Crippen molar-refractivity contribution in [3.05, 3.63) is 47.8 Å². The summed E-state index contributed by atoms with van der Waals surface area (Å²) in [6.45, 7) is 4.15. The van der Waals surface area contributed by atoms with Crippen molar-refractivity contribution in [2.75, 3.05) is 37.3 Å². The van der Waals surface area contributed by atoms with Crippen LogP contribution < -0.4 is 9.62 Å². The molecule has 3 aromatic rings. The van der Waals surface area contributed by atoms with Gasteiger partial charge in [0, 0.05) is 25.0 Å². The first-order valence-electron chi connectivity index (χ1n) is 13.9. The lowest BCUT2D eigenvalue weighted by atomic mass is 9.82. The summed E-state index contributed by atoms with van der Waals surface area (Å²) in [4.78, 5) is 22.8. The van der Waals surface area contributed by atoms with Gasteiger partial charge >= 0.3 is 0 Å². The van der Waals surface area contributed by atoms with Crippen molar-refractivity contribution in [3.8, 4) is 5.69 Å². The smallest absolute Gasteiger partial charge is 0.283 e. The first-order chi connectivity index (χ1) is 18.4. The van der Waals surface area contributed by atoms with Crippen LogP contribution in [0, 0.1) is 0 Å². The molecular weight excluding hydrogens is 500 g/mol. The lowest BCUT2D eigenvalue weighted by Crippen LogP contribution is -2.46. The van der Waals surface area contributed by atoms with Gasteiger partial charge in [0.25, 0.3) is 5.91 Å². The number of amides is 1. The topological polar surface area (TPSA) is 100 Å². The fraction of sp³-hybridized carbons (Fsp3) is 0.536. The van der Waals surface area contributed by atoms with Gasteiger partial charge in [-0.05, 0) is 69.8 Å². The second-order valence-corrected chi connectivity index (χ2v) is 12.8. The maximum atomic E-state index is 13.0. The van der Waals surface area contributed by atoms with Crippen LogP contribution in [0.2, 0.25) is 0 Å². The van der Waals surface area contributed by atoms with Gasteiger partial charge in [-0.1, -0.05) is 31.0 Å². The average Bonchev–Trinajstić information content (AvgIpc) is 3.26. The molecular formula is C28H36N6O3S. The van der Waals surface area contributed by atoms with Gasteiger partial charge in [0.15, 0.2) is 5.65 Å². The van der Waals surface area contributed by atoms with E-state index in [1.54, 1.807) is 6.07 Å². The first kappa shape index (κ1) is 25.3. The molecule has 9 nitrogen and oxygen atoms in total. The summed E-state index contributed by atoms with van der Waals surface area (Å²) in [5, 5.41) is 6.06. The van der Waals surface area contributed by atoms with E-state index in [1.165, 1.54) is 38.8 Å². The van der Waals surface area contributed by atoms with Crippen LogP contribution in [0.1, 0.15) is 73.5 Å². The Bertz CT molecular complexity index is 1420. The minimum atomic E-state index is -3.73. The Hall–Kier alpha value is -2.98. The fourth-order valence-electron chi connectivity index (χ4n) is 6.18. The predicted molar refractivity (Wildman–Crippen MR) is 148 cm³/mol. The second-order valence-electron chi connectivity index (χ2n) is 11.0. The fourth-order valence-corrected chi connectivity index (χ4v) is 6.62. The van der Waals surface area contributed by atoms with Gasteiger partial charge in [-0.25, -0.2) is 22.8 Å². The molecule has 3 fully saturated rings. The Kier molecular flexibility index (Phi) is 6.86. The van der Waals surface area contributed by atoms with Crippen LogP contribution in [0.3, 0.4) is 0 Å². The number of hydrogen-bond acceptors (Lipinski definition) is 7. The molecule has 0 unspecified atom stereocenters. The number of sulfonamides is 1. The minimum absolute atomic E-state index is 0.0910. The summed E-state index contributed by atoms with van der Waals surface area (Å²) in [6, 6.07) is 12.2. The van der Waals surface area contributed by atoms with Crippen molar-refractivity contribution < 1.29 is 13.2 Å². The molecule has 10 heteroatoms. The molecule has 3 aliphatic rings. The normalized spacial score (nSPS) is 20.0. The van der Waals surface area contributed by atoms with Gasteiger partial charge in [0.2, 0.25) is 10.0 Å². The highest BCUT2D eigenvalue weighted by Gasteiger charge is 2.32. The van der Waals surface area contributed by atoms with E-state index in [0.717, 1.165) is 67.5 Å². The number of piperidine rings is 2. The third-order valence-corrected chi connectivity index (χ3v) is 8.92. The highest BCUT2D eigenvalue weighted by atomic mass is 32.2. The van der Waals surface area contributed by atoms with E-state index in [-0.39, 0.29) is 5.69 Å². The molecule has 0 spiro atoms. The lowest BCUT2D eigenvalue weighted by Gasteiger charge is -2.41. The number of nitrogens with one attached hydrogen (secondary N) is 1. The highest BCUT2D eigenvalue weighted by molar-refractivity contribution is 7.89. The maximum Gasteiger partial charge on any atom is 0.283 e. The van der Waals surface area contributed by atoms with Gasteiger partial charge < -0.3 is 9.80 Å². The summed E-state index contributed by atoms with van der Waals surface area (Å²) in [7, 11) is -3.73. The molecule has 1 aromatic carbocycles. The van der Waals surface area contributed by atoms with Crippen LogP contribution >= 0.6 is 0 Å². The molecule has 202 valence electrons. The SMILES string of the molecule is CS(=O)(=O)NC(=O)c1cc(N2CCC(N3CCCCC3)CC2)c2c(C3CCC3)nn(-c3ccccc3)c2n1. The van der Waals surface area contributed by atoms with Gasteiger partial charge in [0.1, 0.15) is 5.69 Å². The summed E-state index contributed by atoms with van der Waals surface area (Å²) < 4.78 is 27.7. The number of anilines is 1. The first-order valence-corrected chi connectivity index (χ1v) is 15.8. The summed E-state index contributed by atoms with van der Waals surface area (Å²) >= 11 is 0. The molecule has 0 atom stereocenters. The van der Waals surface area contributed by atoms with Gasteiger partial charge in [-0.3, -0.25) is 4.79 Å². The van der Waals surface area contributed by atoms with Crippen molar-refractivity contribution in [2.24, 2.45) is 0 Å². The van der Waals surface area contributed by atoms with E-state index < -0.39 is 15.9 Å². The molecule has 6 rings (SSSR count). The van der Waals surface area contributed by atoms with Crippen LogP contribution in [0.15, 0.2) is 36.4 Å². The van der Waals surface area contributed by atoms with Crippen molar-refractivity contribution in [1.29, 1.82) is 0 Å². The zero-order valence-corrected chi connectivity index (χ0v) is 22.8. The summed E-state index contributed by atoms with van der Waals surface area (Å²) in [5.74, 6) is -0.352. The van der Waals surface area contributed by atoms with Gasteiger partial charge in [0.05, 0.1) is 28.7 Å². The molecule has 1 aliphatic carbocycles. The number of nitrogens with zero attached hydrogens (tertiary/aromatic N) is 5. The number of hydrogen-bond donors (Lipinski definition) is 1. The van der Waals surface area contributed by atoms with Gasteiger partial charge in [-0.2, -0.15) is 5.10 Å². The Labute approximate surface area is 224 Å². The van der Waals surface area contributed by atoms with Crippen LogP contribution in [0.4, 0.5) is 5.69 Å². The lowest BCUT2D eigenvalue weighted by molar-refractivity contribution is 0.0977. The van der Waals surface area contributed by atoms with Gasteiger partial charge in [-0.15, -0.1) is 0 Å². The number of benzene rings is 1. The standard InChI is InChI=1S/C28H36N6O3S/c1-38(36,37)31-28(35)23-19-24(33-17-13-21(14-18-33)32-15-6-3-7-16-32)25-26(20-9-8-10-20)30-34(27(25)29-23)22-11-4-2-5-12-22/h2,4-5,11-12,19-21H,3,6-10,13-18H2,1H3,(H,31,35). The van der Waals surface area contributed by atoms with Crippen molar-refractivity contribution in [2.45, 2.75) is 63.3 Å². The number of pyridine rings is 1. The van der Waals surface area contributed by atoms with Crippen LogP contribution in [0.25, 0.3) is 16.7 Å². The van der Waals surface area contributed by atoms with Crippen molar-refractivity contribution >= 4 is 32.7 Å². The van der Waals surface area contributed by atoms with E-state index in [2.05, 4.69) is 14.5 Å². The van der Waals surface area contributed by atoms with Crippen molar-refractivity contribution in [3.63, 3.8) is 0 Å². The number of likely N-dealkylation sites (tertiary alicyclic amines) is 1. The molecule has 4 heterocycles. The third kappa shape index (κ3) is 5.03. The largest absolute Gasteiger partial charge is 0.371 e. The van der Waals surface area contributed by atoms with Crippen molar-refractivity contribution in [1.82, 2.24) is 24.4 Å². The number of fused-ring (bicyclic) bond motifs is 1. The average molecular weight is 537 g/mol. The molecule has 1 saturated carbocycles. The monoisotopic (exact) mass is 536 g/mol. The number of carbonyl (C=O) groups is 1.